The zero-order valence-corrected chi connectivity index (χ0v) is 20.3. The van der Waals surface area contributed by atoms with Crippen molar-refractivity contribution in [2.24, 2.45) is 0 Å². The van der Waals surface area contributed by atoms with E-state index in [1.165, 1.54) is 11.8 Å². The van der Waals surface area contributed by atoms with E-state index in [1.807, 2.05) is 12.3 Å². The van der Waals surface area contributed by atoms with E-state index >= 15 is 0 Å². The van der Waals surface area contributed by atoms with Gasteiger partial charge in [-0.2, -0.15) is 0 Å². The van der Waals surface area contributed by atoms with Gasteiger partial charge in [-0.1, -0.05) is 18.7 Å². The van der Waals surface area contributed by atoms with Crippen LogP contribution in [-0.2, 0) is 4.79 Å². The van der Waals surface area contributed by atoms with Gasteiger partial charge in [-0.15, -0.1) is 0 Å². The van der Waals surface area contributed by atoms with Crippen LogP contribution in [0.25, 0.3) is 10.9 Å². The fourth-order valence-corrected chi connectivity index (χ4v) is 4.83. The molecule has 2 N–H and O–H groups in total. The lowest BCUT2D eigenvalue weighted by molar-refractivity contribution is -0.117. The van der Waals surface area contributed by atoms with Crippen LogP contribution < -0.4 is 20.4 Å². The molecule has 1 amide bonds. The van der Waals surface area contributed by atoms with Gasteiger partial charge in [-0.25, -0.2) is 9.97 Å². The number of piperidine rings is 1. The van der Waals surface area contributed by atoms with E-state index in [0.29, 0.717) is 5.95 Å². The predicted octanol–water partition coefficient (Wildman–Crippen LogP) is 3.40. The van der Waals surface area contributed by atoms with Crippen LogP contribution in [0.3, 0.4) is 0 Å². The largest absolute Gasteiger partial charge is 0.370 e. The molecule has 2 aromatic carbocycles. The smallest absolute Gasteiger partial charge is 0.243 e. The molecule has 0 spiro atoms. The van der Waals surface area contributed by atoms with Crippen molar-refractivity contribution in [2.75, 3.05) is 61.4 Å². The molecular formula is C27H33N7O. The Morgan fingerprint density at radius 1 is 1.00 bits per heavy atom. The monoisotopic (exact) mass is 471 g/mol. The molecule has 0 radical (unpaired) electrons. The number of rotatable bonds is 6. The highest BCUT2D eigenvalue weighted by atomic mass is 16.1. The maximum absolute atomic E-state index is 11.6. The number of amides is 1. The predicted molar refractivity (Wildman–Crippen MR) is 143 cm³/mol. The zero-order chi connectivity index (χ0) is 24.2. The molecule has 1 aromatic heterocycles. The van der Waals surface area contributed by atoms with Crippen molar-refractivity contribution in [3.8, 4) is 0 Å². The Hall–Kier alpha value is -3.65. The summed E-state index contributed by atoms with van der Waals surface area (Å²) in [5, 5.41) is 7.40. The highest BCUT2D eigenvalue weighted by Gasteiger charge is 2.22. The fraction of sp³-hybridized carbons (Fsp3) is 0.370. The minimum Gasteiger partial charge on any atom is -0.370 e. The average Bonchev–Trinajstić information content (AvgIpc) is 2.90. The van der Waals surface area contributed by atoms with Crippen LogP contribution in [0.2, 0.25) is 0 Å². The van der Waals surface area contributed by atoms with E-state index in [4.69, 9.17) is 4.98 Å². The number of nitrogens with zero attached hydrogens (tertiary/aromatic N) is 5. The van der Waals surface area contributed by atoms with E-state index in [1.54, 1.807) is 0 Å². The van der Waals surface area contributed by atoms with E-state index in [9.17, 15) is 4.79 Å². The van der Waals surface area contributed by atoms with Crippen molar-refractivity contribution in [3.63, 3.8) is 0 Å². The van der Waals surface area contributed by atoms with Gasteiger partial charge in [-0.3, -0.25) is 4.79 Å². The quantitative estimate of drug-likeness (QED) is 0.534. The third-order valence-corrected chi connectivity index (χ3v) is 6.95. The van der Waals surface area contributed by atoms with Crippen molar-refractivity contribution >= 4 is 39.8 Å². The number of hydrogen-bond donors (Lipinski definition) is 2. The highest BCUT2D eigenvalue weighted by Crippen LogP contribution is 2.29. The molecule has 8 heteroatoms. The van der Waals surface area contributed by atoms with Crippen molar-refractivity contribution < 1.29 is 4.79 Å². The second kappa shape index (κ2) is 10.3. The van der Waals surface area contributed by atoms with Crippen LogP contribution in [0.1, 0.15) is 12.8 Å². The van der Waals surface area contributed by atoms with E-state index in [-0.39, 0.29) is 11.9 Å². The van der Waals surface area contributed by atoms with Crippen LogP contribution >= 0.6 is 0 Å². The number of hydrogen-bond acceptors (Lipinski definition) is 7. The second-order valence-corrected chi connectivity index (χ2v) is 9.34. The van der Waals surface area contributed by atoms with Crippen LogP contribution in [0.4, 0.5) is 23.0 Å². The van der Waals surface area contributed by atoms with Crippen LogP contribution in [0.15, 0.2) is 61.3 Å². The van der Waals surface area contributed by atoms with Crippen LogP contribution in [0.5, 0.6) is 0 Å². The Labute approximate surface area is 206 Å². The standard InChI is InChI=1S/C27H33N7O/c1-3-25(35)29-22-11-13-34(14-12-22)24-6-4-5-20-19-28-27(31-26(20)24)30-21-7-9-23(10-8-21)33-17-15-32(2)16-18-33/h3-10,19,22H,1,11-18H2,2H3,(H,29,35)(H,28,30,31). The van der Waals surface area contributed by atoms with E-state index in [0.717, 1.165) is 74.4 Å². The van der Waals surface area contributed by atoms with Gasteiger partial charge in [0.25, 0.3) is 0 Å². The summed E-state index contributed by atoms with van der Waals surface area (Å²) in [4.78, 5) is 28.2. The summed E-state index contributed by atoms with van der Waals surface area (Å²) in [5.74, 6) is 0.485. The number of carbonyl (C=O) groups excluding carboxylic acids is 1. The summed E-state index contributed by atoms with van der Waals surface area (Å²) in [5.41, 5.74) is 4.26. The molecule has 0 unspecified atom stereocenters. The maximum atomic E-state index is 11.6. The van der Waals surface area contributed by atoms with Crippen LogP contribution in [0, 0.1) is 0 Å². The Kier molecular flexibility index (Phi) is 6.81. The number of fused-ring (bicyclic) bond motifs is 1. The Balaban J connectivity index is 1.28. The molecule has 0 atom stereocenters. The zero-order valence-electron chi connectivity index (χ0n) is 20.3. The van der Waals surface area contributed by atoms with Crippen molar-refractivity contribution in [2.45, 2.75) is 18.9 Å². The molecule has 2 saturated heterocycles. The molecule has 0 saturated carbocycles. The first-order valence-electron chi connectivity index (χ1n) is 12.3. The normalized spacial score (nSPS) is 17.4. The maximum Gasteiger partial charge on any atom is 0.243 e. The van der Waals surface area contributed by atoms with Crippen molar-refractivity contribution in [1.29, 1.82) is 0 Å². The summed E-state index contributed by atoms with van der Waals surface area (Å²) in [6.07, 6.45) is 5.00. The first-order valence-corrected chi connectivity index (χ1v) is 12.3. The summed E-state index contributed by atoms with van der Waals surface area (Å²) in [7, 11) is 2.17. The van der Waals surface area contributed by atoms with Gasteiger partial charge >= 0.3 is 0 Å². The first-order chi connectivity index (χ1) is 17.1. The van der Waals surface area contributed by atoms with Gasteiger partial charge in [0.15, 0.2) is 0 Å². The summed E-state index contributed by atoms with van der Waals surface area (Å²) < 4.78 is 0. The van der Waals surface area contributed by atoms with Crippen molar-refractivity contribution in [1.82, 2.24) is 20.2 Å². The van der Waals surface area contributed by atoms with Gasteiger partial charge in [-0.05, 0) is 56.3 Å². The number of anilines is 4. The molecular weight excluding hydrogens is 438 g/mol. The second-order valence-electron chi connectivity index (χ2n) is 9.34. The first kappa shape index (κ1) is 23.1. The highest BCUT2D eigenvalue weighted by molar-refractivity contribution is 5.91. The van der Waals surface area contributed by atoms with E-state index in [2.05, 4.69) is 80.3 Å². The topological polar surface area (TPSA) is 76.6 Å². The number of para-hydroxylation sites is 1. The lowest BCUT2D eigenvalue weighted by atomic mass is 10.0. The number of aromatic nitrogens is 2. The summed E-state index contributed by atoms with van der Waals surface area (Å²) in [6.45, 7) is 9.56. The molecule has 2 aliphatic rings. The lowest BCUT2D eigenvalue weighted by Gasteiger charge is -2.34. The molecule has 182 valence electrons. The van der Waals surface area contributed by atoms with E-state index < -0.39 is 0 Å². The molecule has 3 heterocycles. The van der Waals surface area contributed by atoms with Gasteiger partial charge in [0.2, 0.25) is 11.9 Å². The molecule has 35 heavy (non-hydrogen) atoms. The minimum absolute atomic E-state index is 0.103. The summed E-state index contributed by atoms with van der Waals surface area (Å²) >= 11 is 0. The number of benzene rings is 2. The Morgan fingerprint density at radius 3 is 2.46 bits per heavy atom. The third-order valence-electron chi connectivity index (χ3n) is 6.95. The molecule has 8 nitrogen and oxygen atoms in total. The Bertz CT molecular complexity index is 1180. The van der Waals surface area contributed by atoms with Crippen molar-refractivity contribution in [3.05, 3.63) is 61.3 Å². The molecule has 3 aromatic rings. The lowest BCUT2D eigenvalue weighted by Crippen LogP contribution is -2.44. The minimum atomic E-state index is -0.103. The molecule has 2 fully saturated rings. The summed E-state index contributed by atoms with van der Waals surface area (Å²) in [6, 6.07) is 14.9. The third kappa shape index (κ3) is 5.38. The molecule has 0 bridgehead atoms. The fourth-order valence-electron chi connectivity index (χ4n) is 4.83. The number of piperazine rings is 1. The molecule has 5 rings (SSSR count). The van der Waals surface area contributed by atoms with Gasteiger partial charge in [0, 0.05) is 68.3 Å². The number of nitrogens with one attached hydrogen (secondary N) is 2. The van der Waals surface area contributed by atoms with Crippen LogP contribution in [-0.4, -0.2) is 73.1 Å². The number of carbonyl (C=O) groups is 1. The molecule has 2 aliphatic heterocycles. The Morgan fingerprint density at radius 2 is 1.74 bits per heavy atom. The van der Waals surface area contributed by atoms with Gasteiger partial charge < -0.3 is 25.3 Å². The average molecular weight is 472 g/mol. The van der Waals surface area contributed by atoms with Gasteiger partial charge in [0.05, 0.1) is 11.2 Å². The van der Waals surface area contributed by atoms with Gasteiger partial charge in [0.1, 0.15) is 0 Å². The number of likely N-dealkylation sites (N-methyl/N-ethyl adjacent to an activating group) is 1. The SMILES string of the molecule is C=CC(=O)NC1CCN(c2cccc3cnc(Nc4ccc(N5CCN(C)CC5)cc4)nc23)CC1. The molecule has 0 aliphatic carbocycles.